The molecule has 1 amide bonds. The molecule has 2 aromatic rings. The lowest BCUT2D eigenvalue weighted by Crippen LogP contribution is -2.48. The highest BCUT2D eigenvalue weighted by molar-refractivity contribution is 7.92. The van der Waals surface area contributed by atoms with Crippen molar-refractivity contribution in [2.45, 2.75) is 43.0 Å². The van der Waals surface area contributed by atoms with Gasteiger partial charge in [-0.2, -0.15) is 13.2 Å². The number of hydrogen-bond acceptors (Lipinski definition) is 5. The summed E-state index contributed by atoms with van der Waals surface area (Å²) < 4.78 is 73.1. The van der Waals surface area contributed by atoms with Crippen molar-refractivity contribution in [3.8, 4) is 5.75 Å². The van der Waals surface area contributed by atoms with E-state index in [0.29, 0.717) is 6.07 Å². The minimum Gasteiger partial charge on any atom is -0.486 e. The van der Waals surface area contributed by atoms with Crippen molar-refractivity contribution in [1.29, 1.82) is 0 Å². The van der Waals surface area contributed by atoms with Gasteiger partial charge in [0.2, 0.25) is 0 Å². The molecule has 4 N–H and O–H groups in total. The van der Waals surface area contributed by atoms with Crippen molar-refractivity contribution in [2.75, 3.05) is 16.2 Å². The fraction of sp³-hybridized carbons (Fsp3) is 0.350. The van der Waals surface area contributed by atoms with Crippen molar-refractivity contribution in [2.24, 2.45) is 5.73 Å². The van der Waals surface area contributed by atoms with E-state index < -0.39 is 44.4 Å². The van der Waals surface area contributed by atoms with E-state index in [2.05, 4.69) is 5.32 Å². The van der Waals surface area contributed by atoms with Crippen LogP contribution in [0.4, 0.5) is 29.3 Å². The van der Waals surface area contributed by atoms with Crippen LogP contribution in [-0.2, 0) is 16.2 Å². The van der Waals surface area contributed by atoms with Crippen LogP contribution in [0.15, 0.2) is 47.4 Å². The molecule has 2 aromatic carbocycles. The quantitative estimate of drug-likeness (QED) is 0.606. The number of sulfonamides is 1. The largest absolute Gasteiger partial charge is 0.486 e. The van der Waals surface area contributed by atoms with E-state index in [-0.39, 0.29) is 30.1 Å². The van der Waals surface area contributed by atoms with Gasteiger partial charge in [-0.3, -0.25) is 9.62 Å². The van der Waals surface area contributed by atoms with Crippen LogP contribution in [-0.4, -0.2) is 37.8 Å². The molecule has 0 saturated carbocycles. The van der Waals surface area contributed by atoms with E-state index in [0.717, 1.165) is 22.5 Å². The van der Waals surface area contributed by atoms with E-state index in [4.69, 9.17) is 15.6 Å². The van der Waals surface area contributed by atoms with Gasteiger partial charge in [-0.15, -0.1) is 0 Å². The molecule has 0 spiro atoms. The van der Waals surface area contributed by atoms with Gasteiger partial charge in [0.05, 0.1) is 22.7 Å². The molecule has 0 aromatic heterocycles. The summed E-state index contributed by atoms with van der Waals surface area (Å²) in [6.45, 7) is 3.25. The third-order valence-electron chi connectivity index (χ3n) is 4.65. The minimum absolute atomic E-state index is 0.000241. The number of nitrogens with zero attached hydrogens (tertiary/aromatic N) is 1. The zero-order valence-electron chi connectivity index (χ0n) is 17.2. The fourth-order valence-electron chi connectivity index (χ4n) is 3.39. The number of amides is 1. The maximum Gasteiger partial charge on any atom is 0.416 e. The van der Waals surface area contributed by atoms with Gasteiger partial charge >= 0.3 is 12.3 Å². The van der Waals surface area contributed by atoms with Gasteiger partial charge in [0, 0.05) is 17.6 Å². The first-order chi connectivity index (χ1) is 14.7. The summed E-state index contributed by atoms with van der Waals surface area (Å²) in [5, 5.41) is 11.1. The number of carbonyl (C=O) groups is 1. The van der Waals surface area contributed by atoms with Crippen LogP contribution in [0.2, 0.25) is 0 Å². The number of benzene rings is 2. The van der Waals surface area contributed by atoms with Gasteiger partial charge in [0.25, 0.3) is 10.0 Å². The Morgan fingerprint density at radius 3 is 2.53 bits per heavy atom. The summed E-state index contributed by atoms with van der Waals surface area (Å²) in [6, 6.07) is 7.45. The normalized spacial score (nSPS) is 16.8. The Morgan fingerprint density at radius 1 is 1.25 bits per heavy atom. The third-order valence-corrected chi connectivity index (χ3v) is 6.42. The summed E-state index contributed by atoms with van der Waals surface area (Å²) in [5.41, 5.74) is 4.31. The molecule has 1 heterocycles. The topological polar surface area (TPSA) is 122 Å². The molecule has 1 aliphatic rings. The first-order valence-corrected chi connectivity index (χ1v) is 10.9. The fourth-order valence-corrected chi connectivity index (χ4v) is 4.94. The Morgan fingerprint density at radius 2 is 1.94 bits per heavy atom. The average molecular weight is 473 g/mol. The van der Waals surface area contributed by atoms with E-state index in [1.165, 1.54) is 18.2 Å². The Bertz CT molecular complexity index is 1130. The van der Waals surface area contributed by atoms with Crippen LogP contribution in [0.3, 0.4) is 0 Å². The summed E-state index contributed by atoms with van der Waals surface area (Å²) in [4.78, 5) is 10.4. The van der Waals surface area contributed by atoms with Crippen molar-refractivity contribution in [3.63, 3.8) is 0 Å². The lowest BCUT2D eigenvalue weighted by molar-refractivity contribution is -0.137. The van der Waals surface area contributed by atoms with E-state index in [1.807, 2.05) is 0 Å². The average Bonchev–Trinajstić information content (AvgIpc) is 2.65. The van der Waals surface area contributed by atoms with Gasteiger partial charge in [-0.1, -0.05) is 6.07 Å². The Balaban J connectivity index is 2.11. The summed E-state index contributed by atoms with van der Waals surface area (Å²) in [6.07, 6.45) is -6.51. The number of rotatable bonds is 5. The molecule has 0 radical (unpaired) electrons. The second-order valence-electron chi connectivity index (χ2n) is 8.11. The third kappa shape index (κ3) is 5.25. The zero-order chi connectivity index (χ0) is 23.9. The minimum atomic E-state index is -4.72. The molecule has 0 aliphatic carbocycles. The van der Waals surface area contributed by atoms with E-state index >= 15 is 0 Å². The molecule has 1 unspecified atom stereocenters. The van der Waals surface area contributed by atoms with Crippen LogP contribution in [0.5, 0.6) is 5.75 Å². The Hall–Kier alpha value is -2.99. The predicted molar refractivity (Wildman–Crippen MR) is 111 cm³/mol. The summed E-state index contributed by atoms with van der Waals surface area (Å²) >= 11 is 0. The molecule has 1 atom stereocenters. The van der Waals surface area contributed by atoms with Crippen LogP contribution in [0, 0.1) is 0 Å². The van der Waals surface area contributed by atoms with Crippen molar-refractivity contribution < 1.29 is 36.2 Å². The SMILES string of the molecule is CC(C)(N)CC1CN(S(=O)(=O)c2cccc(C(F)(F)F)c2)c2cc(NC(=O)O)ccc2O1. The van der Waals surface area contributed by atoms with Gasteiger partial charge in [-0.05, 0) is 50.2 Å². The Labute approximate surface area is 182 Å². The number of nitrogens with two attached hydrogens (primary N) is 1. The molecule has 12 heteroatoms. The van der Waals surface area contributed by atoms with E-state index in [1.54, 1.807) is 13.8 Å². The van der Waals surface area contributed by atoms with Gasteiger partial charge in [0.15, 0.2) is 0 Å². The molecule has 0 saturated heterocycles. The predicted octanol–water partition coefficient (Wildman–Crippen LogP) is 3.88. The number of hydrogen-bond donors (Lipinski definition) is 3. The first kappa shape index (κ1) is 23.7. The number of nitrogens with one attached hydrogen (secondary N) is 1. The molecule has 3 rings (SSSR count). The summed E-state index contributed by atoms with van der Waals surface area (Å²) in [5.74, 6) is 0.136. The lowest BCUT2D eigenvalue weighted by atomic mass is 9.97. The highest BCUT2D eigenvalue weighted by atomic mass is 32.2. The molecule has 32 heavy (non-hydrogen) atoms. The molecular weight excluding hydrogens is 451 g/mol. The van der Waals surface area contributed by atoms with Crippen LogP contribution >= 0.6 is 0 Å². The summed E-state index contributed by atoms with van der Waals surface area (Å²) in [7, 11) is -4.45. The Kier molecular flexibility index (Phi) is 6.04. The van der Waals surface area contributed by atoms with Gasteiger partial charge < -0.3 is 15.6 Å². The van der Waals surface area contributed by atoms with Crippen LogP contribution in [0.25, 0.3) is 0 Å². The van der Waals surface area contributed by atoms with Crippen LogP contribution in [0.1, 0.15) is 25.8 Å². The zero-order valence-corrected chi connectivity index (χ0v) is 18.0. The maximum absolute atomic E-state index is 13.4. The second kappa shape index (κ2) is 8.17. The van der Waals surface area contributed by atoms with Crippen LogP contribution < -0.4 is 20.1 Å². The standard InChI is InChI=1S/C20H22F3N3O5S/c1-19(2,24)10-14-11-26(16-9-13(25-18(27)28)6-7-17(16)31-14)32(29,30)15-5-3-4-12(8-15)20(21,22)23/h3-9,14,25H,10-11,24H2,1-2H3,(H,27,28). The van der Waals surface area contributed by atoms with Gasteiger partial charge in [0.1, 0.15) is 11.9 Å². The smallest absolute Gasteiger partial charge is 0.416 e. The maximum atomic E-state index is 13.4. The number of halogens is 3. The molecule has 8 nitrogen and oxygen atoms in total. The molecule has 0 bridgehead atoms. The number of anilines is 2. The first-order valence-electron chi connectivity index (χ1n) is 9.46. The molecule has 174 valence electrons. The lowest BCUT2D eigenvalue weighted by Gasteiger charge is -2.38. The number of fused-ring (bicyclic) bond motifs is 1. The molecular formula is C20H22F3N3O5S. The van der Waals surface area contributed by atoms with Crippen molar-refractivity contribution in [3.05, 3.63) is 48.0 Å². The molecule has 0 fully saturated rings. The monoisotopic (exact) mass is 473 g/mol. The van der Waals surface area contributed by atoms with Crippen molar-refractivity contribution >= 4 is 27.5 Å². The highest BCUT2D eigenvalue weighted by Crippen LogP contribution is 2.40. The molecule has 1 aliphatic heterocycles. The van der Waals surface area contributed by atoms with Crippen molar-refractivity contribution in [1.82, 2.24) is 0 Å². The number of ether oxygens (including phenoxy) is 1. The second-order valence-corrected chi connectivity index (χ2v) is 9.97. The number of alkyl halides is 3. The number of carboxylic acid groups (broad SMARTS) is 1. The highest BCUT2D eigenvalue weighted by Gasteiger charge is 2.38. The van der Waals surface area contributed by atoms with Gasteiger partial charge in [-0.25, -0.2) is 13.2 Å². The van der Waals surface area contributed by atoms with E-state index in [9.17, 15) is 26.4 Å².